The number of methoxy groups -OCH3 is 2. The van der Waals surface area contributed by atoms with Crippen LogP contribution in [0, 0.1) is 18.7 Å². The molecule has 10 rings (SSSR count). The van der Waals surface area contributed by atoms with Crippen LogP contribution in [-0.4, -0.2) is 186 Å². The van der Waals surface area contributed by atoms with E-state index >= 15 is 0 Å². The Morgan fingerprint density at radius 3 is 2.14 bits per heavy atom. The molecule has 1 fully saturated rings. The zero-order chi connectivity index (χ0) is 85.9. The van der Waals surface area contributed by atoms with Crippen molar-refractivity contribution in [1.82, 2.24) is 45.7 Å². The van der Waals surface area contributed by atoms with E-state index in [2.05, 4.69) is 38.2 Å². The summed E-state index contributed by atoms with van der Waals surface area (Å²) in [6.07, 6.45) is 0.842. The van der Waals surface area contributed by atoms with Crippen molar-refractivity contribution >= 4 is 80.6 Å². The summed E-state index contributed by atoms with van der Waals surface area (Å²) >= 11 is 8.76. The molecule has 0 saturated carbocycles. The lowest BCUT2D eigenvalue weighted by molar-refractivity contribution is -0.926. The molecule has 4 heterocycles. The first-order chi connectivity index (χ1) is 56.6. The molecule has 0 aliphatic carbocycles. The topological polar surface area (TPSA) is 352 Å². The summed E-state index contributed by atoms with van der Waals surface area (Å²) in [6, 6.07) is 34.8. The Morgan fingerprint density at radius 2 is 1.45 bits per heavy atom. The number of amides is 6. The minimum Gasteiger partial charge on any atom is -0.497 e. The molecule has 6 aromatic carbocycles. The number of benzene rings is 6. The van der Waals surface area contributed by atoms with Gasteiger partial charge in [0.25, 0.3) is 0 Å². The van der Waals surface area contributed by atoms with Crippen LogP contribution in [-0.2, 0) is 70.9 Å². The molecular formula is C88H106ClFN13O15S+. The quantitative estimate of drug-likeness (QED) is 0.00919. The predicted octanol–water partition coefficient (Wildman–Crippen LogP) is 12.7. The number of nitrogens with two attached hydrogens (primary N) is 2. The number of hydrogen-bond donors (Lipinski definition) is 6. The van der Waals surface area contributed by atoms with E-state index in [1.165, 1.54) is 34.7 Å². The van der Waals surface area contributed by atoms with Crippen molar-refractivity contribution in [2.75, 3.05) is 79.5 Å². The van der Waals surface area contributed by atoms with Gasteiger partial charge in [0.15, 0.2) is 5.82 Å². The Balaban J connectivity index is 0.865. The average Bonchev–Trinajstić information content (AvgIpc) is 1.60. The first-order valence-electron chi connectivity index (χ1n) is 39.3. The number of hydrogen-bond acceptors (Lipinski definition) is 22. The number of quaternary nitrogens is 1. The number of fused-ring (bicyclic) bond motifs is 1. The molecule has 4 atom stereocenters. The second-order valence-electron chi connectivity index (χ2n) is 31.8. The van der Waals surface area contributed by atoms with E-state index in [9.17, 15) is 38.0 Å². The number of ether oxygens (including phenoxy) is 8. The van der Waals surface area contributed by atoms with Gasteiger partial charge in [-0.3, -0.25) is 24.1 Å². The molecule has 632 valence electrons. The highest BCUT2D eigenvalue weighted by molar-refractivity contribution is 7.22. The molecule has 28 nitrogen and oxygen atoms in total. The van der Waals surface area contributed by atoms with Crippen molar-refractivity contribution < 1.29 is 80.3 Å². The third-order valence-corrected chi connectivity index (χ3v) is 21.4. The van der Waals surface area contributed by atoms with E-state index in [0.717, 1.165) is 5.56 Å². The average molecular weight is 1670 g/mol. The molecule has 1 saturated heterocycles. The smallest absolute Gasteiger partial charge is 0.408 e. The number of thiophene rings is 1. The van der Waals surface area contributed by atoms with Crippen LogP contribution in [0.3, 0.4) is 0 Å². The lowest BCUT2D eigenvalue weighted by atomic mass is 9.96. The molecule has 8 N–H and O–H groups in total. The molecule has 0 unspecified atom stereocenters. The number of nitrogens with one attached hydrogen (secondary N) is 4. The molecule has 0 radical (unpaired) electrons. The van der Waals surface area contributed by atoms with Crippen molar-refractivity contribution in [2.45, 2.75) is 150 Å². The van der Waals surface area contributed by atoms with Gasteiger partial charge in [-0.2, -0.15) is 0 Å². The van der Waals surface area contributed by atoms with Gasteiger partial charge in [0.1, 0.15) is 95.7 Å². The highest BCUT2D eigenvalue weighted by atomic mass is 35.5. The van der Waals surface area contributed by atoms with E-state index in [1.807, 2.05) is 67.6 Å². The van der Waals surface area contributed by atoms with E-state index in [0.29, 0.717) is 149 Å². The maximum Gasteiger partial charge on any atom is 0.408 e. The van der Waals surface area contributed by atoms with E-state index < -0.39 is 89.0 Å². The van der Waals surface area contributed by atoms with Gasteiger partial charge in [-0.1, -0.05) is 92.2 Å². The van der Waals surface area contributed by atoms with Gasteiger partial charge in [0.2, 0.25) is 29.7 Å². The monoisotopic (exact) mass is 1670 g/mol. The van der Waals surface area contributed by atoms with Gasteiger partial charge in [0, 0.05) is 74.1 Å². The summed E-state index contributed by atoms with van der Waals surface area (Å²) in [5, 5.41) is 11.7. The molecule has 1 aliphatic rings. The second-order valence-corrected chi connectivity index (χ2v) is 33.2. The number of primary amides is 1. The van der Waals surface area contributed by atoms with Crippen LogP contribution in [0.2, 0.25) is 5.02 Å². The van der Waals surface area contributed by atoms with Gasteiger partial charge in [0.05, 0.1) is 62.4 Å². The number of piperazine rings is 1. The highest BCUT2D eigenvalue weighted by Crippen LogP contribution is 2.50. The summed E-state index contributed by atoms with van der Waals surface area (Å²) in [5.41, 5.74) is 17.1. The van der Waals surface area contributed by atoms with Crippen LogP contribution in [0.25, 0.3) is 43.2 Å². The summed E-state index contributed by atoms with van der Waals surface area (Å²) in [4.78, 5) is 118. The molecule has 1 aliphatic heterocycles. The van der Waals surface area contributed by atoms with Crippen LogP contribution in [0.5, 0.6) is 28.9 Å². The van der Waals surface area contributed by atoms with Crippen molar-refractivity contribution in [3.8, 4) is 61.8 Å². The predicted molar refractivity (Wildman–Crippen MR) is 452 cm³/mol. The normalized spacial score (nSPS) is 13.9. The minimum atomic E-state index is -1.32. The molecule has 0 spiro atoms. The lowest BCUT2D eigenvalue weighted by Crippen LogP contribution is -2.57. The van der Waals surface area contributed by atoms with Gasteiger partial charge in [-0.15, -0.1) is 11.3 Å². The van der Waals surface area contributed by atoms with Crippen molar-refractivity contribution in [2.24, 2.45) is 17.4 Å². The minimum absolute atomic E-state index is 0.0341. The number of alkyl carbamates (subject to hydrolysis) is 1. The van der Waals surface area contributed by atoms with Crippen LogP contribution in [0.4, 0.5) is 19.7 Å². The molecular weight excluding hydrogens is 1570 g/mol. The Hall–Kier alpha value is -11.6. The molecule has 9 aromatic rings. The van der Waals surface area contributed by atoms with Gasteiger partial charge in [-0.25, -0.2) is 38.7 Å². The molecule has 31 heteroatoms. The van der Waals surface area contributed by atoms with Crippen molar-refractivity contribution in [1.29, 1.82) is 0 Å². The number of likely N-dealkylation sites (N-methyl/N-ethyl adjacent to an activating group) is 1. The standard InChI is InChI=1S/C88H105ClFN13O15S/c1-53(2)76(100-86(110)118-88(7,8)9)80(106)99-67(21-18-37-94-85(92)109)79(105)98-61-31-28-58(59(45-61)48-101(10)72(104)47-66(91)83(107)117-87(4,5)6)49-103(11)42-39-102(40-43-103)41-44-113-70-35-34-64(54(3)75(70)89)73-74-81(95-52-96-82(74)119-77(73)56-26-29-60(90)30-27-56)116-71(84(108)115-50-55-24-32-63(111-12)33-25-55)46-57-19-14-16-22-68(57)114-51-62-36-38-93-78(97-62)65-20-15-17-23-69(65)112-13/h14-17,19-20,22-36,38,45,52-53,66-67,71,76H,18,21,37,39-44,46-51,91H2,1-13H3,(H5-,92,94,98,99,100,105,106,109,110)/p+1/t66-,67-,71+,76-/m0/s1. The first-order valence-corrected chi connectivity index (χ1v) is 40.5. The van der Waals surface area contributed by atoms with Crippen LogP contribution >= 0.6 is 22.9 Å². The van der Waals surface area contributed by atoms with Gasteiger partial charge >= 0.3 is 24.1 Å². The fraction of sp³-hybridized carbons (Fsp3) is 0.398. The number of carbonyl (C=O) groups excluding carboxylic acids is 7. The molecule has 119 heavy (non-hydrogen) atoms. The highest BCUT2D eigenvalue weighted by Gasteiger charge is 2.36. The number of aromatic nitrogens is 4. The summed E-state index contributed by atoms with van der Waals surface area (Å²) in [7, 11) is 6.92. The first kappa shape index (κ1) is 89.8. The maximum absolute atomic E-state index is 14.8. The number of anilines is 1. The molecule has 6 amide bonds. The Bertz CT molecular complexity index is 5060. The van der Waals surface area contributed by atoms with E-state index in [4.69, 9.17) is 75.9 Å². The fourth-order valence-corrected chi connectivity index (χ4v) is 14.8. The number of esters is 2. The van der Waals surface area contributed by atoms with Gasteiger partial charge < -0.3 is 80.0 Å². The fourth-order valence-electron chi connectivity index (χ4n) is 13.4. The lowest BCUT2D eigenvalue weighted by Gasteiger charge is -2.42. The maximum atomic E-state index is 14.8. The summed E-state index contributed by atoms with van der Waals surface area (Å²) in [6.45, 7) is 19.9. The zero-order valence-corrected chi connectivity index (χ0v) is 71.0. The number of para-hydroxylation sites is 2. The summed E-state index contributed by atoms with van der Waals surface area (Å²) < 4.78 is 63.3. The largest absolute Gasteiger partial charge is 0.497 e. The zero-order valence-electron chi connectivity index (χ0n) is 69.4. The third-order valence-electron chi connectivity index (χ3n) is 19.8. The Labute approximate surface area is 701 Å². The number of nitrogens with zero attached hydrogens (tertiary/aromatic N) is 7. The number of halogens is 2. The number of carbonyl (C=O) groups is 7. The van der Waals surface area contributed by atoms with Crippen LogP contribution < -0.4 is 56.4 Å². The van der Waals surface area contributed by atoms with E-state index in [-0.39, 0.29) is 64.5 Å². The van der Waals surface area contributed by atoms with Crippen LogP contribution in [0.15, 0.2) is 146 Å². The second kappa shape index (κ2) is 40.7. The molecule has 0 bridgehead atoms. The van der Waals surface area contributed by atoms with E-state index in [1.54, 1.807) is 144 Å². The summed E-state index contributed by atoms with van der Waals surface area (Å²) in [5.74, 6) is -1.21. The number of rotatable bonds is 36. The van der Waals surface area contributed by atoms with Crippen LogP contribution in [0.1, 0.15) is 108 Å². The SMILES string of the molecule is COc1ccc(COC(=O)[C@@H](Cc2ccccc2OCc2ccnc(-c3ccccc3OC)n2)Oc2ncnc3sc(-c4ccc(F)cc4)c(-c4ccc(OCCN5CC[N+](C)(Cc6ccc(NC(=O)[C@H](CCCNC(N)=O)NC(=O)[C@@H](NC(=O)OC(C)(C)C)C(C)C)cc6CN(C)C(=O)C[C@H](N)C(=O)OC(C)(C)C)CC5)c(Cl)c4C)c23)cc1. The number of urea groups is 1. The third kappa shape index (κ3) is 25.2. The van der Waals surface area contributed by atoms with Crippen molar-refractivity contribution in [3.63, 3.8) is 0 Å². The van der Waals surface area contributed by atoms with Gasteiger partial charge in [-0.05, 0) is 167 Å². The van der Waals surface area contributed by atoms with Crippen molar-refractivity contribution in [3.05, 3.63) is 190 Å². The Kier molecular flexibility index (Phi) is 30.7. The molecule has 3 aromatic heterocycles. The Morgan fingerprint density at radius 1 is 0.748 bits per heavy atom.